The van der Waals surface area contributed by atoms with Gasteiger partial charge in [-0.3, -0.25) is 0 Å². The van der Waals surface area contributed by atoms with E-state index < -0.39 is 10.0 Å². The normalized spacial score (nSPS) is 10.7. The van der Waals surface area contributed by atoms with Gasteiger partial charge >= 0.3 is 0 Å². The molecule has 0 amide bonds. The average molecular weight is 277 g/mol. The molecule has 0 aliphatic rings. The van der Waals surface area contributed by atoms with Crippen LogP contribution in [-0.2, 0) is 10.0 Å². The van der Waals surface area contributed by atoms with Crippen LogP contribution in [-0.4, -0.2) is 15.0 Å². The fourth-order valence-electron chi connectivity index (χ4n) is 1.55. The fourth-order valence-corrected chi connectivity index (χ4v) is 2.71. The lowest BCUT2D eigenvalue weighted by Crippen LogP contribution is -2.24. The first-order chi connectivity index (χ1) is 9.01. The first kappa shape index (κ1) is 15.2. The number of rotatable bonds is 6. The van der Waals surface area contributed by atoms with E-state index in [1.165, 1.54) is 18.2 Å². The monoisotopic (exact) mass is 277 g/mol. The molecule has 0 aromatic heterocycles. The summed E-state index contributed by atoms with van der Waals surface area (Å²) in [5.74, 6) is 0. The van der Waals surface area contributed by atoms with Gasteiger partial charge in [-0.15, -0.1) is 0 Å². The number of unbranched alkanes of at least 4 members (excludes halogenated alkanes) is 2. The molecule has 0 saturated heterocycles. The lowest BCUT2D eigenvalue weighted by atomic mass is 10.1. The third-order valence-electron chi connectivity index (χ3n) is 2.64. The van der Waals surface area contributed by atoms with Gasteiger partial charge in [-0.05, 0) is 43.5 Å². The van der Waals surface area contributed by atoms with Crippen molar-refractivity contribution in [1.82, 2.24) is 4.72 Å². The summed E-state index contributed by atoms with van der Waals surface area (Å²) in [7, 11) is -3.54. The molecule has 1 rings (SSSR count). The topological polar surface area (TPSA) is 93.8 Å². The van der Waals surface area contributed by atoms with Crippen molar-refractivity contribution in [3.63, 3.8) is 0 Å². The van der Waals surface area contributed by atoms with Crippen LogP contribution in [0.3, 0.4) is 0 Å². The van der Waals surface area contributed by atoms with Crippen LogP contribution in [0.15, 0.2) is 23.1 Å². The highest BCUT2D eigenvalue weighted by Gasteiger charge is 2.14. The SMILES string of the molecule is Cc1cc(S(=O)(=O)NCCCCC#N)ccc1C#N. The molecule has 100 valence electrons. The second-order valence-electron chi connectivity index (χ2n) is 4.10. The summed E-state index contributed by atoms with van der Waals surface area (Å²) in [6.07, 6.45) is 1.73. The van der Waals surface area contributed by atoms with Crippen molar-refractivity contribution >= 4 is 10.0 Å². The minimum Gasteiger partial charge on any atom is -0.211 e. The Bertz CT molecular complexity index is 624. The molecule has 1 aromatic carbocycles. The van der Waals surface area contributed by atoms with Gasteiger partial charge in [0, 0.05) is 13.0 Å². The Kier molecular flexibility index (Phi) is 5.50. The van der Waals surface area contributed by atoms with Gasteiger partial charge in [0.1, 0.15) is 0 Å². The van der Waals surface area contributed by atoms with Gasteiger partial charge in [-0.1, -0.05) is 0 Å². The van der Waals surface area contributed by atoms with Crippen LogP contribution in [0.5, 0.6) is 0 Å². The van der Waals surface area contributed by atoms with E-state index in [0.29, 0.717) is 36.9 Å². The number of benzene rings is 1. The smallest absolute Gasteiger partial charge is 0.211 e. The molecule has 0 fully saturated rings. The Hall–Kier alpha value is -1.89. The van der Waals surface area contributed by atoms with E-state index in [1.807, 2.05) is 12.1 Å². The van der Waals surface area contributed by atoms with E-state index in [-0.39, 0.29) is 4.90 Å². The van der Waals surface area contributed by atoms with Crippen molar-refractivity contribution in [2.75, 3.05) is 6.54 Å². The number of aryl methyl sites for hydroxylation is 1. The molecule has 0 aliphatic carbocycles. The third kappa shape index (κ3) is 4.36. The maximum absolute atomic E-state index is 12.0. The van der Waals surface area contributed by atoms with Gasteiger partial charge in [0.25, 0.3) is 0 Å². The number of hydrogen-bond donors (Lipinski definition) is 1. The van der Waals surface area contributed by atoms with Crippen LogP contribution in [0.25, 0.3) is 0 Å². The van der Waals surface area contributed by atoms with Crippen molar-refractivity contribution in [3.8, 4) is 12.1 Å². The number of nitrogens with one attached hydrogen (secondary N) is 1. The molecule has 0 heterocycles. The standard InChI is InChI=1S/C13H15N3O2S/c1-11-9-13(6-5-12(11)10-15)19(17,18)16-8-4-2-3-7-14/h5-6,9,16H,2-4,8H2,1H3. The molecule has 0 aliphatic heterocycles. The zero-order valence-corrected chi connectivity index (χ0v) is 11.5. The molecule has 0 bridgehead atoms. The molecule has 1 aromatic rings. The molecule has 1 N–H and O–H groups in total. The summed E-state index contributed by atoms with van der Waals surface area (Å²) in [4.78, 5) is 0.157. The van der Waals surface area contributed by atoms with Crippen molar-refractivity contribution in [3.05, 3.63) is 29.3 Å². The Labute approximate surface area is 113 Å². The molecule has 0 radical (unpaired) electrons. The summed E-state index contributed by atoms with van der Waals surface area (Å²) in [6.45, 7) is 2.01. The summed E-state index contributed by atoms with van der Waals surface area (Å²) in [6, 6.07) is 8.41. The largest absolute Gasteiger partial charge is 0.240 e. The van der Waals surface area contributed by atoms with E-state index in [1.54, 1.807) is 6.92 Å². The average Bonchev–Trinajstić information content (AvgIpc) is 2.38. The van der Waals surface area contributed by atoms with Crippen LogP contribution in [0.4, 0.5) is 0 Å². The Morgan fingerprint density at radius 2 is 2.00 bits per heavy atom. The van der Waals surface area contributed by atoms with Gasteiger partial charge in [0.2, 0.25) is 10.0 Å². The molecular formula is C13H15N3O2S. The number of hydrogen-bond acceptors (Lipinski definition) is 4. The summed E-state index contributed by atoms with van der Waals surface area (Å²) in [5.41, 5.74) is 1.10. The molecular weight excluding hydrogens is 262 g/mol. The maximum Gasteiger partial charge on any atom is 0.240 e. The molecule has 0 unspecified atom stereocenters. The van der Waals surface area contributed by atoms with Crippen LogP contribution in [0.2, 0.25) is 0 Å². The van der Waals surface area contributed by atoms with E-state index in [9.17, 15) is 8.42 Å². The van der Waals surface area contributed by atoms with Crippen LogP contribution in [0, 0.1) is 29.6 Å². The van der Waals surface area contributed by atoms with Crippen molar-refractivity contribution in [1.29, 1.82) is 10.5 Å². The molecule has 0 spiro atoms. The lowest BCUT2D eigenvalue weighted by molar-refractivity contribution is 0.577. The first-order valence-electron chi connectivity index (χ1n) is 5.88. The third-order valence-corrected chi connectivity index (χ3v) is 4.09. The number of sulfonamides is 1. The summed E-state index contributed by atoms with van der Waals surface area (Å²) >= 11 is 0. The molecule has 19 heavy (non-hydrogen) atoms. The quantitative estimate of drug-likeness (QED) is 0.803. The minimum atomic E-state index is -3.54. The van der Waals surface area contributed by atoms with Gasteiger partial charge in [0.05, 0.1) is 22.6 Å². The highest BCUT2D eigenvalue weighted by atomic mass is 32.2. The summed E-state index contributed by atoms with van der Waals surface area (Å²) < 4.78 is 26.4. The van der Waals surface area contributed by atoms with Crippen molar-refractivity contribution in [2.45, 2.75) is 31.1 Å². The summed E-state index contributed by atoms with van der Waals surface area (Å²) in [5, 5.41) is 17.2. The second kappa shape index (κ2) is 6.89. The van der Waals surface area contributed by atoms with E-state index in [0.717, 1.165) is 0 Å². The van der Waals surface area contributed by atoms with Crippen molar-refractivity contribution in [2.24, 2.45) is 0 Å². The predicted molar refractivity (Wildman–Crippen MR) is 70.5 cm³/mol. The zero-order chi connectivity index (χ0) is 14.3. The van der Waals surface area contributed by atoms with E-state index >= 15 is 0 Å². The molecule has 6 heteroatoms. The highest BCUT2D eigenvalue weighted by molar-refractivity contribution is 7.89. The number of nitrogens with zero attached hydrogens (tertiary/aromatic N) is 2. The van der Waals surface area contributed by atoms with Gasteiger partial charge in [-0.25, -0.2) is 13.1 Å². The minimum absolute atomic E-state index is 0.157. The lowest BCUT2D eigenvalue weighted by Gasteiger charge is -2.07. The Morgan fingerprint density at radius 3 is 2.58 bits per heavy atom. The van der Waals surface area contributed by atoms with Crippen LogP contribution < -0.4 is 4.72 Å². The van der Waals surface area contributed by atoms with Gasteiger partial charge in [-0.2, -0.15) is 10.5 Å². The van der Waals surface area contributed by atoms with Crippen molar-refractivity contribution < 1.29 is 8.42 Å². The second-order valence-corrected chi connectivity index (χ2v) is 5.87. The maximum atomic E-state index is 12.0. The van der Waals surface area contributed by atoms with Crippen LogP contribution >= 0.6 is 0 Å². The molecule has 0 saturated carbocycles. The Morgan fingerprint density at radius 1 is 1.26 bits per heavy atom. The van der Waals surface area contributed by atoms with Gasteiger partial charge in [0.15, 0.2) is 0 Å². The molecule has 5 nitrogen and oxygen atoms in total. The highest BCUT2D eigenvalue weighted by Crippen LogP contribution is 2.14. The first-order valence-corrected chi connectivity index (χ1v) is 7.37. The zero-order valence-electron chi connectivity index (χ0n) is 10.7. The van der Waals surface area contributed by atoms with E-state index in [4.69, 9.17) is 10.5 Å². The fraction of sp³-hybridized carbons (Fsp3) is 0.385. The van der Waals surface area contributed by atoms with Crippen LogP contribution in [0.1, 0.15) is 30.4 Å². The van der Waals surface area contributed by atoms with E-state index in [2.05, 4.69) is 4.72 Å². The van der Waals surface area contributed by atoms with Gasteiger partial charge < -0.3 is 0 Å². The Balaban J connectivity index is 2.71. The number of nitriles is 2. The predicted octanol–water partition coefficient (Wildman–Crippen LogP) is 1.84. The molecule has 0 atom stereocenters.